The van der Waals surface area contributed by atoms with Crippen LogP contribution in [0, 0.1) is 6.92 Å². The van der Waals surface area contributed by atoms with Crippen molar-refractivity contribution in [2.75, 3.05) is 6.54 Å². The van der Waals surface area contributed by atoms with Crippen molar-refractivity contribution >= 4 is 15.9 Å². The van der Waals surface area contributed by atoms with Gasteiger partial charge in [0.15, 0.2) is 0 Å². The van der Waals surface area contributed by atoms with Gasteiger partial charge in [-0.15, -0.1) is 0 Å². The molecule has 0 bridgehead atoms. The Morgan fingerprint density at radius 1 is 1.32 bits per heavy atom. The molecule has 0 saturated carbocycles. The lowest BCUT2D eigenvalue weighted by molar-refractivity contribution is 0.546. The molecule has 19 heavy (non-hydrogen) atoms. The van der Waals surface area contributed by atoms with E-state index in [0.717, 1.165) is 17.4 Å². The summed E-state index contributed by atoms with van der Waals surface area (Å²) >= 11 is 3.56. The van der Waals surface area contributed by atoms with Crippen molar-refractivity contribution in [3.63, 3.8) is 0 Å². The van der Waals surface area contributed by atoms with Gasteiger partial charge in [0.05, 0.1) is 0 Å². The lowest BCUT2D eigenvalue weighted by atomic mass is 9.96. The third-order valence-corrected chi connectivity index (χ3v) is 3.72. The van der Waals surface area contributed by atoms with E-state index in [1.165, 1.54) is 16.7 Å². The van der Waals surface area contributed by atoms with Crippen LogP contribution >= 0.6 is 15.9 Å². The van der Waals surface area contributed by atoms with Crippen molar-refractivity contribution in [1.29, 1.82) is 0 Å². The van der Waals surface area contributed by atoms with Gasteiger partial charge >= 0.3 is 0 Å². The molecule has 0 fully saturated rings. The molecule has 0 spiro atoms. The Morgan fingerprint density at radius 3 is 2.84 bits per heavy atom. The summed E-state index contributed by atoms with van der Waals surface area (Å²) in [7, 11) is 0. The Morgan fingerprint density at radius 2 is 2.16 bits per heavy atom. The zero-order chi connectivity index (χ0) is 13.7. The highest BCUT2D eigenvalue weighted by molar-refractivity contribution is 9.10. The van der Waals surface area contributed by atoms with Crippen molar-refractivity contribution in [2.45, 2.75) is 26.3 Å². The number of aromatic nitrogens is 1. The number of hydrogen-bond acceptors (Lipinski definition) is 2. The molecule has 1 N–H and O–H groups in total. The molecule has 0 aliphatic heterocycles. The summed E-state index contributed by atoms with van der Waals surface area (Å²) in [4.78, 5) is 4.19. The molecule has 0 aliphatic carbocycles. The molecule has 0 amide bonds. The molecule has 1 unspecified atom stereocenters. The van der Waals surface area contributed by atoms with E-state index in [-0.39, 0.29) is 0 Å². The molecule has 2 nitrogen and oxygen atoms in total. The van der Waals surface area contributed by atoms with Crippen molar-refractivity contribution in [3.05, 3.63) is 63.9 Å². The van der Waals surface area contributed by atoms with Crippen LogP contribution in [0.15, 0.2) is 47.2 Å². The maximum absolute atomic E-state index is 4.19. The molecule has 100 valence electrons. The summed E-state index contributed by atoms with van der Waals surface area (Å²) in [5, 5.41) is 3.57. The van der Waals surface area contributed by atoms with E-state index in [0.29, 0.717) is 6.04 Å². The minimum Gasteiger partial charge on any atom is -0.310 e. The Bertz CT molecular complexity index is 526. The standard InChI is InChI=1S/C16H19BrN2/c1-3-19-16(9-13-5-4-8-18-11-13)15-10-14(17)7-6-12(15)2/h4-8,10-11,16,19H,3,9H2,1-2H3. The summed E-state index contributed by atoms with van der Waals surface area (Å²) in [5.74, 6) is 0. The predicted molar refractivity (Wildman–Crippen MR) is 83.2 cm³/mol. The molecule has 0 radical (unpaired) electrons. The van der Waals surface area contributed by atoms with Crippen molar-refractivity contribution < 1.29 is 0 Å². The normalized spacial score (nSPS) is 12.4. The number of benzene rings is 1. The van der Waals surface area contributed by atoms with Gasteiger partial charge in [-0.1, -0.05) is 35.0 Å². The molecular weight excluding hydrogens is 300 g/mol. The topological polar surface area (TPSA) is 24.9 Å². The first-order valence-corrected chi connectivity index (χ1v) is 7.38. The average Bonchev–Trinajstić information content (AvgIpc) is 2.42. The largest absolute Gasteiger partial charge is 0.310 e. The van der Waals surface area contributed by atoms with Gasteiger partial charge in [0.2, 0.25) is 0 Å². The van der Waals surface area contributed by atoms with Crippen LogP contribution in [0.4, 0.5) is 0 Å². The Labute approximate surface area is 123 Å². The number of likely N-dealkylation sites (N-methyl/N-ethyl adjacent to an activating group) is 1. The smallest absolute Gasteiger partial charge is 0.0364 e. The molecule has 2 rings (SSSR count). The van der Waals surface area contributed by atoms with Crippen LogP contribution in [-0.2, 0) is 6.42 Å². The predicted octanol–water partition coefficient (Wildman–Crippen LogP) is 4.05. The monoisotopic (exact) mass is 318 g/mol. The first kappa shape index (κ1) is 14.2. The maximum Gasteiger partial charge on any atom is 0.0364 e. The Balaban J connectivity index is 2.27. The molecule has 1 atom stereocenters. The fraction of sp³-hybridized carbons (Fsp3) is 0.312. The van der Waals surface area contributed by atoms with Gasteiger partial charge in [0.25, 0.3) is 0 Å². The van der Waals surface area contributed by atoms with Crippen LogP contribution in [0.25, 0.3) is 0 Å². The quantitative estimate of drug-likeness (QED) is 0.899. The molecule has 0 aliphatic rings. The van der Waals surface area contributed by atoms with E-state index >= 15 is 0 Å². The second-order valence-electron chi connectivity index (χ2n) is 4.68. The van der Waals surface area contributed by atoms with Gasteiger partial charge in [-0.3, -0.25) is 4.98 Å². The minimum atomic E-state index is 0.326. The van der Waals surface area contributed by atoms with Gasteiger partial charge in [0, 0.05) is 22.9 Å². The third kappa shape index (κ3) is 3.88. The lowest BCUT2D eigenvalue weighted by Crippen LogP contribution is -2.23. The number of halogens is 1. The molecule has 1 aromatic heterocycles. The molecule has 3 heteroatoms. The second-order valence-corrected chi connectivity index (χ2v) is 5.59. The summed E-state index contributed by atoms with van der Waals surface area (Å²) < 4.78 is 1.13. The summed E-state index contributed by atoms with van der Waals surface area (Å²) in [6.07, 6.45) is 4.72. The number of nitrogens with zero attached hydrogens (tertiary/aromatic N) is 1. The zero-order valence-electron chi connectivity index (χ0n) is 11.4. The maximum atomic E-state index is 4.19. The van der Waals surface area contributed by atoms with Gasteiger partial charge in [-0.25, -0.2) is 0 Å². The number of rotatable bonds is 5. The number of nitrogens with one attached hydrogen (secondary N) is 1. The summed E-state index contributed by atoms with van der Waals surface area (Å²) in [5.41, 5.74) is 3.92. The first-order valence-electron chi connectivity index (χ1n) is 6.59. The third-order valence-electron chi connectivity index (χ3n) is 3.23. The summed E-state index contributed by atoms with van der Waals surface area (Å²) in [6.45, 7) is 5.26. The molecule has 0 saturated heterocycles. The minimum absolute atomic E-state index is 0.326. The van der Waals surface area contributed by atoms with Gasteiger partial charge in [-0.2, -0.15) is 0 Å². The van der Waals surface area contributed by atoms with E-state index in [2.05, 4.69) is 64.3 Å². The highest BCUT2D eigenvalue weighted by Gasteiger charge is 2.14. The number of pyridine rings is 1. The highest BCUT2D eigenvalue weighted by atomic mass is 79.9. The molecular formula is C16H19BrN2. The van der Waals surface area contributed by atoms with E-state index in [1.807, 2.05) is 18.5 Å². The first-order chi connectivity index (χ1) is 9.20. The number of aryl methyl sites for hydroxylation is 1. The highest BCUT2D eigenvalue weighted by Crippen LogP contribution is 2.25. The fourth-order valence-corrected chi connectivity index (χ4v) is 2.66. The Hall–Kier alpha value is -1.19. The van der Waals surface area contributed by atoms with Crippen LogP contribution in [-0.4, -0.2) is 11.5 Å². The molecule has 1 aromatic carbocycles. The SMILES string of the molecule is CCNC(Cc1cccnc1)c1cc(Br)ccc1C. The van der Waals surface area contributed by atoms with E-state index in [4.69, 9.17) is 0 Å². The van der Waals surface area contributed by atoms with Crippen LogP contribution < -0.4 is 5.32 Å². The van der Waals surface area contributed by atoms with Gasteiger partial charge in [0.1, 0.15) is 0 Å². The lowest BCUT2D eigenvalue weighted by Gasteiger charge is -2.20. The Kier molecular flexibility index (Phi) is 5.11. The van der Waals surface area contributed by atoms with Crippen molar-refractivity contribution in [3.8, 4) is 0 Å². The summed E-state index contributed by atoms with van der Waals surface area (Å²) in [6, 6.07) is 10.9. The van der Waals surface area contributed by atoms with Crippen molar-refractivity contribution in [1.82, 2.24) is 10.3 Å². The van der Waals surface area contributed by atoms with Crippen molar-refractivity contribution in [2.24, 2.45) is 0 Å². The van der Waals surface area contributed by atoms with E-state index in [9.17, 15) is 0 Å². The fourth-order valence-electron chi connectivity index (χ4n) is 2.28. The average molecular weight is 319 g/mol. The van der Waals surface area contributed by atoms with Gasteiger partial charge in [-0.05, 0) is 54.8 Å². The van der Waals surface area contributed by atoms with E-state index < -0.39 is 0 Å². The zero-order valence-corrected chi connectivity index (χ0v) is 12.9. The van der Waals surface area contributed by atoms with Gasteiger partial charge < -0.3 is 5.32 Å². The van der Waals surface area contributed by atoms with Crippen LogP contribution in [0.3, 0.4) is 0 Å². The van der Waals surface area contributed by atoms with Crippen LogP contribution in [0.2, 0.25) is 0 Å². The van der Waals surface area contributed by atoms with Crippen LogP contribution in [0.5, 0.6) is 0 Å². The molecule has 2 aromatic rings. The molecule has 1 heterocycles. The van der Waals surface area contributed by atoms with E-state index in [1.54, 1.807) is 0 Å². The second kappa shape index (κ2) is 6.83. The van der Waals surface area contributed by atoms with Crippen LogP contribution in [0.1, 0.15) is 29.7 Å². The number of hydrogen-bond donors (Lipinski definition) is 1.